The molecule has 4 atom stereocenters. The Balaban J connectivity index is -0.000000779. The van der Waals surface area contributed by atoms with E-state index in [4.69, 9.17) is 5.73 Å². The van der Waals surface area contributed by atoms with E-state index in [1.807, 2.05) is 20.0 Å². The first kappa shape index (κ1) is 47.2. The number of likely N-dealkylation sites (N-methyl/N-ethyl adjacent to an activating group) is 1. The maximum absolute atomic E-state index is 14.5. The molecule has 10 heteroatoms. The van der Waals surface area contributed by atoms with Crippen LogP contribution in [0.5, 0.6) is 0 Å². The molecule has 0 aromatic heterocycles. The summed E-state index contributed by atoms with van der Waals surface area (Å²) in [7, 11) is 1.96. The van der Waals surface area contributed by atoms with Crippen LogP contribution in [0.4, 0.5) is 26.3 Å². The molecular formula is C34H55F6N2OU+. The van der Waals surface area contributed by atoms with Crippen LogP contribution >= 0.6 is 0 Å². The topological polar surface area (TPSA) is 46.2 Å². The van der Waals surface area contributed by atoms with Gasteiger partial charge in [-0.1, -0.05) is 77.5 Å². The van der Waals surface area contributed by atoms with Gasteiger partial charge in [0, 0.05) is 17.7 Å². The van der Waals surface area contributed by atoms with Crippen molar-refractivity contribution in [3.05, 3.63) is 77.6 Å². The van der Waals surface area contributed by atoms with Gasteiger partial charge in [0.1, 0.15) is 11.9 Å². The minimum absolute atomic E-state index is 0. The number of hydrogen-bond acceptors (Lipinski definition) is 2. The molecule has 4 unspecified atom stereocenters. The van der Waals surface area contributed by atoms with Crippen LogP contribution in [0.3, 0.4) is 0 Å². The average molecular weight is 860 g/mol. The summed E-state index contributed by atoms with van der Waals surface area (Å²) in [6.45, 7) is 14.5. The Morgan fingerprint density at radius 2 is 1.73 bits per heavy atom. The maximum atomic E-state index is 14.5. The quantitative estimate of drug-likeness (QED) is 0.148. The van der Waals surface area contributed by atoms with Gasteiger partial charge in [-0.3, -0.25) is 0 Å². The smallest absolute Gasteiger partial charge is 0.425 e. The SMILES string of the molecule is C/C1=C(F)\C=C/CC[N+](C)(C/C=C(\C)N)C1c1[c-]cc(C(F)(F)F)cc1.CCC.CCC(C)CCCC(O)CC.F[CH-]F.[U+2]. The zero-order chi connectivity index (χ0) is 33.6. The Kier molecular flexibility index (Phi) is 27.8. The first-order chi connectivity index (χ1) is 20.1. The van der Waals surface area contributed by atoms with Crippen LogP contribution < -0.4 is 5.73 Å². The molecule has 0 saturated heterocycles. The van der Waals surface area contributed by atoms with Crippen LogP contribution in [0.1, 0.15) is 111 Å². The number of benzene rings is 1. The van der Waals surface area contributed by atoms with E-state index < -0.39 is 24.7 Å². The van der Waals surface area contributed by atoms with Crippen LogP contribution in [-0.4, -0.2) is 35.8 Å². The Morgan fingerprint density at radius 1 is 1.16 bits per heavy atom. The van der Waals surface area contributed by atoms with Crippen molar-refractivity contribution in [1.29, 1.82) is 0 Å². The molecule has 1 aromatic carbocycles. The molecule has 1 aromatic rings. The summed E-state index contributed by atoms with van der Waals surface area (Å²) >= 11 is 0. The van der Waals surface area contributed by atoms with E-state index in [1.165, 1.54) is 37.8 Å². The molecule has 2 rings (SSSR count). The maximum Gasteiger partial charge on any atom is 2.00 e. The standard InChI is InChI=1S/C20H24F4N2.C10H22O.C3H8.CHF2.U/c1-14(25)11-13-26(3)12-5-4-6-18(21)15(2)19(26)16-7-9-17(10-8-16)20(22,23)24;1-4-9(3)7-6-8-10(11)5-2;1-3-2;2-1-3;/h4,6-7,9-11,19H,5,12-13,25H2,1-3H3;9-11H,4-8H2,1-3H3;3H2,1-2H3;1H;/q;;;-1;+2/b6-4-,14-11+,18-15-;;;;. The van der Waals surface area contributed by atoms with Gasteiger partial charge in [0.2, 0.25) is 0 Å². The fourth-order valence-electron chi connectivity index (χ4n) is 4.43. The molecule has 0 aliphatic carbocycles. The number of nitrogens with zero attached hydrogens (tertiary/aromatic N) is 1. The van der Waals surface area contributed by atoms with E-state index in [0.29, 0.717) is 40.8 Å². The number of aliphatic hydroxyl groups excluding tert-OH is 1. The fraction of sp³-hybridized carbons (Fsp3) is 0.618. The molecule has 0 amide bonds. The van der Waals surface area contributed by atoms with Crippen molar-refractivity contribution in [3.63, 3.8) is 0 Å². The molecule has 44 heavy (non-hydrogen) atoms. The van der Waals surface area contributed by atoms with Gasteiger partial charge in [0.05, 0.1) is 26.2 Å². The zero-order valence-corrected chi connectivity index (χ0v) is 32.0. The van der Waals surface area contributed by atoms with Crippen molar-refractivity contribution < 1.29 is 67.0 Å². The Bertz CT molecular complexity index is 934. The van der Waals surface area contributed by atoms with Crippen LogP contribution in [0.25, 0.3) is 0 Å². The first-order valence-electron chi connectivity index (χ1n) is 15.2. The van der Waals surface area contributed by atoms with Crippen molar-refractivity contribution in [2.24, 2.45) is 11.7 Å². The second-order valence-electron chi connectivity index (χ2n) is 11.3. The molecule has 0 radical (unpaired) electrons. The van der Waals surface area contributed by atoms with E-state index in [9.17, 15) is 31.4 Å². The molecule has 1 heterocycles. The van der Waals surface area contributed by atoms with Gasteiger partial charge >= 0.3 is 37.3 Å². The molecule has 1 aliphatic rings. The van der Waals surface area contributed by atoms with E-state index in [-0.39, 0.29) is 43.0 Å². The Labute approximate surface area is 287 Å². The molecule has 252 valence electrons. The number of quaternary nitrogens is 1. The molecule has 0 fully saturated rings. The van der Waals surface area contributed by atoms with E-state index >= 15 is 0 Å². The minimum atomic E-state index is -4.42. The van der Waals surface area contributed by atoms with Crippen LogP contribution in [-0.2, 0) is 6.18 Å². The monoisotopic (exact) mass is 859 g/mol. The van der Waals surface area contributed by atoms with Gasteiger partial charge in [-0.2, -0.15) is 37.4 Å². The summed E-state index contributed by atoms with van der Waals surface area (Å²) in [6, 6.07) is 5.65. The van der Waals surface area contributed by atoms with E-state index in [0.717, 1.165) is 30.9 Å². The van der Waals surface area contributed by atoms with Crippen molar-refractivity contribution >= 4 is 0 Å². The number of rotatable bonds is 9. The third-order valence-corrected chi connectivity index (χ3v) is 7.17. The predicted octanol–water partition coefficient (Wildman–Crippen LogP) is 10.5. The van der Waals surface area contributed by atoms with Gasteiger partial charge in [-0.25, -0.2) is 4.39 Å². The summed E-state index contributed by atoms with van der Waals surface area (Å²) in [5.41, 5.74) is 6.67. The minimum Gasteiger partial charge on any atom is -0.425 e. The second kappa shape index (κ2) is 25.9. The van der Waals surface area contributed by atoms with Gasteiger partial charge in [-0.05, 0) is 51.7 Å². The summed E-state index contributed by atoms with van der Waals surface area (Å²) < 4.78 is 72.5. The Hall–Kier alpha value is -1.21. The predicted molar refractivity (Wildman–Crippen MR) is 167 cm³/mol. The van der Waals surface area contributed by atoms with E-state index in [1.54, 1.807) is 19.9 Å². The van der Waals surface area contributed by atoms with Crippen LogP contribution in [0, 0.1) is 50.0 Å². The average Bonchev–Trinajstić information content (AvgIpc) is 2.94. The summed E-state index contributed by atoms with van der Waals surface area (Å²) in [5.74, 6) is 0.472. The van der Waals surface area contributed by atoms with Crippen molar-refractivity contribution in [2.45, 2.75) is 112 Å². The van der Waals surface area contributed by atoms with Gasteiger partial charge in [0.25, 0.3) is 0 Å². The molecule has 0 spiro atoms. The number of alkyl halides is 3. The Morgan fingerprint density at radius 3 is 2.16 bits per heavy atom. The van der Waals surface area contributed by atoms with Crippen LogP contribution in [0.2, 0.25) is 0 Å². The number of allylic oxidation sites excluding steroid dienone is 3. The first-order valence-corrected chi connectivity index (χ1v) is 15.2. The molecule has 0 saturated carbocycles. The van der Waals surface area contributed by atoms with Crippen molar-refractivity contribution in [3.8, 4) is 0 Å². The van der Waals surface area contributed by atoms with Crippen molar-refractivity contribution in [2.75, 3.05) is 20.1 Å². The number of nitrogens with two attached hydrogens (primary N) is 1. The zero-order valence-electron chi connectivity index (χ0n) is 27.9. The van der Waals surface area contributed by atoms with Crippen LogP contribution in [0.15, 0.2) is 53.5 Å². The molecular weight excluding hydrogens is 804 g/mol. The third-order valence-electron chi connectivity index (χ3n) is 7.17. The summed E-state index contributed by atoms with van der Waals surface area (Å²) in [4.78, 5) is 0. The summed E-state index contributed by atoms with van der Waals surface area (Å²) in [6.07, 6.45) is 8.12. The summed E-state index contributed by atoms with van der Waals surface area (Å²) in [5, 5.41) is 9.24. The molecule has 1 aliphatic heterocycles. The second-order valence-corrected chi connectivity index (χ2v) is 11.3. The van der Waals surface area contributed by atoms with Gasteiger partial charge < -0.3 is 24.1 Å². The largest absolute Gasteiger partial charge is 2.00 e. The number of hydrogen-bond donors (Lipinski definition) is 2. The molecule has 3 N–H and O–H groups in total. The van der Waals surface area contributed by atoms with Gasteiger partial charge in [0.15, 0.2) is 0 Å². The van der Waals surface area contributed by atoms with Crippen molar-refractivity contribution in [1.82, 2.24) is 0 Å². The fourth-order valence-corrected chi connectivity index (χ4v) is 4.43. The molecule has 3 nitrogen and oxygen atoms in total. The third kappa shape index (κ3) is 20.0. The normalized spacial score (nSPS) is 22.2. The number of aliphatic hydroxyl groups is 1. The van der Waals surface area contributed by atoms with Gasteiger partial charge in [-0.15, -0.1) is 0 Å². The molecule has 0 bridgehead atoms. The number of halogens is 6. The van der Waals surface area contributed by atoms with E-state index in [2.05, 4.69) is 33.8 Å².